The van der Waals surface area contributed by atoms with Crippen LogP contribution in [0.15, 0.2) is 48.5 Å². The van der Waals surface area contributed by atoms with Gasteiger partial charge in [0, 0.05) is 19.4 Å². The van der Waals surface area contributed by atoms with E-state index in [2.05, 4.69) is 10.1 Å². The maximum Gasteiger partial charge on any atom is 0.336 e. The molecule has 0 aliphatic heterocycles. The average Bonchev–Trinajstić information content (AvgIpc) is 3.16. The number of unbranched alkanes of at least 4 members (excludes halogenated alkanes) is 1. The van der Waals surface area contributed by atoms with Crippen LogP contribution in [-0.4, -0.2) is 25.8 Å². The summed E-state index contributed by atoms with van der Waals surface area (Å²) in [6.45, 7) is 4.08. The molecule has 0 aliphatic carbocycles. The molecule has 5 nitrogen and oxygen atoms in total. The lowest BCUT2D eigenvalue weighted by Gasteiger charge is -2.11. The summed E-state index contributed by atoms with van der Waals surface area (Å²) in [5.41, 5.74) is 2.25. The van der Waals surface area contributed by atoms with Gasteiger partial charge in [0.1, 0.15) is 5.82 Å². The fourth-order valence-electron chi connectivity index (χ4n) is 3.35. The van der Waals surface area contributed by atoms with Gasteiger partial charge >= 0.3 is 11.9 Å². The number of carboxylic acids is 1. The Bertz CT molecular complexity index is 1020. The normalized spacial score (nSPS) is 11.6. The number of aromatic carboxylic acids is 1. The highest BCUT2D eigenvalue weighted by Crippen LogP contribution is 2.32. The molecular weight excluding hydrogens is 388 g/mol. The third-order valence-corrected chi connectivity index (χ3v) is 4.98. The Balaban J connectivity index is 1.93. The Hall–Kier alpha value is -3.09. The van der Waals surface area contributed by atoms with E-state index in [1.165, 1.54) is 4.68 Å². The Morgan fingerprint density at radius 2 is 1.87 bits per heavy atom. The number of hydrogen-bond acceptors (Lipinski definition) is 3. The van der Waals surface area contributed by atoms with Gasteiger partial charge < -0.3 is 5.11 Å². The van der Waals surface area contributed by atoms with E-state index in [1.54, 1.807) is 18.2 Å². The van der Waals surface area contributed by atoms with E-state index >= 15 is 0 Å². The second-order valence-electron chi connectivity index (χ2n) is 7.20. The van der Waals surface area contributed by atoms with Crippen molar-refractivity contribution in [2.45, 2.75) is 52.0 Å². The van der Waals surface area contributed by atoms with Gasteiger partial charge in [0.05, 0.1) is 5.56 Å². The summed E-state index contributed by atoms with van der Waals surface area (Å²) in [5.74, 6) is -4.19. The van der Waals surface area contributed by atoms with Crippen molar-refractivity contribution in [3.63, 3.8) is 0 Å². The highest BCUT2D eigenvalue weighted by molar-refractivity contribution is 5.96. The number of aryl methyl sites for hydroxylation is 1. The van der Waals surface area contributed by atoms with Gasteiger partial charge in [-0.05, 0) is 36.1 Å². The largest absolute Gasteiger partial charge is 0.478 e. The Morgan fingerprint density at radius 1 is 1.13 bits per heavy atom. The summed E-state index contributed by atoms with van der Waals surface area (Å²) >= 11 is 0. The van der Waals surface area contributed by atoms with E-state index in [0.29, 0.717) is 36.3 Å². The number of benzene rings is 2. The molecule has 0 atom stereocenters. The zero-order valence-corrected chi connectivity index (χ0v) is 17.1. The minimum Gasteiger partial charge on any atom is -0.478 e. The van der Waals surface area contributed by atoms with Crippen LogP contribution in [0.5, 0.6) is 0 Å². The number of carbonyl (C=O) groups is 1. The summed E-state index contributed by atoms with van der Waals surface area (Å²) in [5, 5.41) is 13.7. The molecule has 158 valence electrons. The lowest BCUT2D eigenvalue weighted by Crippen LogP contribution is -2.16. The van der Waals surface area contributed by atoms with E-state index in [0.717, 1.165) is 5.56 Å². The molecule has 0 saturated carbocycles. The van der Waals surface area contributed by atoms with E-state index in [-0.39, 0.29) is 18.4 Å². The van der Waals surface area contributed by atoms with E-state index < -0.39 is 17.7 Å². The van der Waals surface area contributed by atoms with Crippen molar-refractivity contribution in [1.29, 1.82) is 0 Å². The third kappa shape index (κ3) is 4.72. The zero-order chi connectivity index (χ0) is 21.7. The molecule has 0 aliphatic rings. The van der Waals surface area contributed by atoms with Gasteiger partial charge in [-0.25, -0.2) is 14.5 Å². The predicted molar refractivity (Wildman–Crippen MR) is 111 cm³/mol. The first-order valence-electron chi connectivity index (χ1n) is 10.1. The SMILES string of the molecule is CCCCC(F)(F)c1nc(Cc2ccc(-c3ccccc3)c(C(=O)O)c2)n(CC)n1. The molecule has 0 unspecified atom stereocenters. The number of alkyl halides is 2. The number of nitrogens with zero attached hydrogens (tertiary/aromatic N) is 3. The molecule has 0 bridgehead atoms. The van der Waals surface area contributed by atoms with Gasteiger partial charge in [-0.2, -0.15) is 8.78 Å². The first kappa shape index (κ1) is 21.6. The number of halogens is 2. The Morgan fingerprint density at radius 3 is 2.50 bits per heavy atom. The second kappa shape index (κ2) is 9.15. The van der Waals surface area contributed by atoms with Crippen molar-refractivity contribution in [1.82, 2.24) is 14.8 Å². The highest BCUT2D eigenvalue weighted by atomic mass is 19.3. The first-order valence-corrected chi connectivity index (χ1v) is 10.1. The van der Waals surface area contributed by atoms with Crippen LogP contribution < -0.4 is 0 Å². The first-order chi connectivity index (χ1) is 14.4. The summed E-state index contributed by atoms with van der Waals surface area (Å²) in [7, 11) is 0. The van der Waals surface area contributed by atoms with Crippen molar-refractivity contribution in [3.05, 3.63) is 71.3 Å². The standard InChI is InChI=1S/C23H25F2N3O2/c1-3-5-13-23(24,25)22-26-20(28(4-2)27-22)15-16-11-12-18(19(14-16)21(29)30)17-9-7-6-8-10-17/h6-12,14H,3-5,13,15H2,1-2H3,(H,29,30). The smallest absolute Gasteiger partial charge is 0.336 e. The van der Waals surface area contributed by atoms with Crippen molar-refractivity contribution in [2.24, 2.45) is 0 Å². The Labute approximate surface area is 174 Å². The number of aromatic nitrogens is 3. The molecule has 0 fully saturated rings. The maximum absolute atomic E-state index is 14.4. The molecule has 30 heavy (non-hydrogen) atoms. The molecule has 0 amide bonds. The summed E-state index contributed by atoms with van der Waals surface area (Å²) in [4.78, 5) is 15.9. The monoisotopic (exact) mass is 413 g/mol. The van der Waals surface area contributed by atoms with Crippen LogP contribution in [0, 0.1) is 0 Å². The van der Waals surface area contributed by atoms with Gasteiger partial charge in [0.25, 0.3) is 0 Å². The molecule has 1 aromatic heterocycles. The van der Waals surface area contributed by atoms with Crippen molar-refractivity contribution in [2.75, 3.05) is 0 Å². The lowest BCUT2D eigenvalue weighted by atomic mass is 9.96. The number of rotatable bonds is 9. The van der Waals surface area contributed by atoms with E-state index in [1.807, 2.05) is 44.2 Å². The molecule has 0 saturated heterocycles. The molecular formula is C23H25F2N3O2. The number of carboxylic acid groups (broad SMARTS) is 1. The third-order valence-electron chi connectivity index (χ3n) is 4.98. The summed E-state index contributed by atoms with van der Waals surface area (Å²) in [6.07, 6.45) is 1.00. The van der Waals surface area contributed by atoms with E-state index in [9.17, 15) is 18.7 Å². The topological polar surface area (TPSA) is 68.0 Å². The molecule has 1 heterocycles. The van der Waals surface area contributed by atoms with Gasteiger partial charge in [-0.3, -0.25) is 0 Å². The minimum atomic E-state index is -3.07. The van der Waals surface area contributed by atoms with Crippen LogP contribution in [0.4, 0.5) is 8.78 Å². The van der Waals surface area contributed by atoms with Crippen molar-refractivity contribution < 1.29 is 18.7 Å². The Kier molecular flexibility index (Phi) is 6.59. The van der Waals surface area contributed by atoms with Crippen LogP contribution in [0.2, 0.25) is 0 Å². The van der Waals surface area contributed by atoms with Crippen molar-refractivity contribution >= 4 is 5.97 Å². The quantitative estimate of drug-likeness (QED) is 0.500. The van der Waals surface area contributed by atoms with Gasteiger partial charge in [0.2, 0.25) is 5.82 Å². The van der Waals surface area contributed by atoms with Gasteiger partial charge in [-0.1, -0.05) is 55.8 Å². The molecule has 3 rings (SSSR count). The van der Waals surface area contributed by atoms with Crippen LogP contribution >= 0.6 is 0 Å². The average molecular weight is 413 g/mol. The fraction of sp³-hybridized carbons (Fsp3) is 0.348. The van der Waals surface area contributed by atoms with E-state index in [4.69, 9.17) is 0 Å². The lowest BCUT2D eigenvalue weighted by molar-refractivity contribution is -0.0245. The molecule has 3 aromatic rings. The van der Waals surface area contributed by atoms with Crippen LogP contribution in [-0.2, 0) is 18.9 Å². The molecule has 1 N–H and O–H groups in total. The zero-order valence-electron chi connectivity index (χ0n) is 17.1. The minimum absolute atomic E-state index is 0.162. The van der Waals surface area contributed by atoms with Gasteiger partial charge in [-0.15, -0.1) is 5.10 Å². The summed E-state index contributed by atoms with van der Waals surface area (Å²) in [6, 6.07) is 14.4. The van der Waals surface area contributed by atoms with Crippen LogP contribution in [0.1, 0.15) is 60.7 Å². The van der Waals surface area contributed by atoms with Gasteiger partial charge in [0.15, 0.2) is 0 Å². The molecule has 0 spiro atoms. The number of hydrogen-bond donors (Lipinski definition) is 1. The fourth-order valence-corrected chi connectivity index (χ4v) is 3.35. The van der Waals surface area contributed by atoms with Crippen LogP contribution in [0.3, 0.4) is 0 Å². The molecule has 7 heteroatoms. The van der Waals surface area contributed by atoms with Crippen LogP contribution in [0.25, 0.3) is 11.1 Å². The van der Waals surface area contributed by atoms with Crippen molar-refractivity contribution in [3.8, 4) is 11.1 Å². The highest BCUT2D eigenvalue weighted by Gasteiger charge is 2.36. The predicted octanol–water partition coefficient (Wildman–Crippen LogP) is 5.54. The molecule has 0 radical (unpaired) electrons. The summed E-state index contributed by atoms with van der Waals surface area (Å²) < 4.78 is 30.3. The maximum atomic E-state index is 14.4. The molecule has 2 aromatic carbocycles. The second-order valence-corrected chi connectivity index (χ2v) is 7.20.